The van der Waals surface area contributed by atoms with Crippen molar-refractivity contribution in [2.24, 2.45) is 0 Å². The maximum absolute atomic E-state index is 14.7. The van der Waals surface area contributed by atoms with E-state index in [0.29, 0.717) is 24.3 Å². The summed E-state index contributed by atoms with van der Waals surface area (Å²) in [5.41, 5.74) is -1.24. The molecule has 0 spiro atoms. The van der Waals surface area contributed by atoms with Crippen molar-refractivity contribution in [1.82, 2.24) is 0 Å². The van der Waals surface area contributed by atoms with Gasteiger partial charge >= 0.3 is 71.6 Å². The molecular weight excluding hydrogens is 878 g/mol. The molecule has 0 saturated carbocycles. The van der Waals surface area contributed by atoms with Crippen molar-refractivity contribution in [3.63, 3.8) is 0 Å². The summed E-state index contributed by atoms with van der Waals surface area (Å²) < 4.78 is 363. The molecule has 2 rings (SSSR count). The zero-order valence-electron chi connectivity index (χ0n) is 27.2. The summed E-state index contributed by atoms with van der Waals surface area (Å²) in [4.78, 5) is 11.6. The van der Waals surface area contributed by atoms with Crippen molar-refractivity contribution in [2.45, 2.75) is 122 Å². The van der Waals surface area contributed by atoms with Crippen LogP contribution in [0.4, 0.5) is 114 Å². The van der Waals surface area contributed by atoms with Gasteiger partial charge in [-0.1, -0.05) is 24.3 Å². The lowest BCUT2D eigenvalue weighted by molar-refractivity contribution is -0.441. The van der Waals surface area contributed by atoms with E-state index in [1.807, 2.05) is 0 Å². The van der Waals surface area contributed by atoms with Crippen LogP contribution in [0.3, 0.4) is 0 Å². The second-order valence-electron chi connectivity index (χ2n) is 12.3. The number of hydrogen-bond acceptors (Lipinski definition) is 3. The Morgan fingerprint density at radius 1 is 0.544 bits per heavy atom. The maximum Gasteiger partial charge on any atom is 0.460 e. The lowest BCUT2D eigenvalue weighted by atomic mass is 9.88. The fourth-order valence-electron chi connectivity index (χ4n) is 4.89. The number of carbonyl (C=O) groups is 1. The van der Waals surface area contributed by atoms with E-state index in [1.165, 1.54) is 0 Å². The van der Waals surface area contributed by atoms with Gasteiger partial charge in [0.15, 0.2) is 11.6 Å². The Kier molecular flexibility index (Phi) is 12.9. The molecule has 0 amide bonds. The van der Waals surface area contributed by atoms with E-state index in [-0.39, 0.29) is 5.56 Å². The minimum absolute atomic E-state index is 0.332. The molecule has 2 unspecified atom stereocenters. The molecule has 1 aliphatic rings. The van der Waals surface area contributed by atoms with Gasteiger partial charge in [-0.25, -0.2) is 0 Å². The number of carbonyl (C=O) groups excluding carboxylic acids is 1. The number of benzene rings is 1. The van der Waals surface area contributed by atoms with Crippen molar-refractivity contribution in [3.05, 3.63) is 35.4 Å². The Hall–Kier alpha value is -3.01. The van der Waals surface area contributed by atoms with Crippen LogP contribution >= 0.6 is 0 Å². The van der Waals surface area contributed by atoms with Gasteiger partial charge in [0, 0.05) is 30.4 Å². The van der Waals surface area contributed by atoms with E-state index in [0.717, 1.165) is 6.92 Å². The SMILES string of the molecule is CC(=O)c1ccc(C2(CCC(F)(F)C(F)(F)C(F)(F)C(F)(F)C(F)(F)C(F)(F)F)OCCC(CCC(F)(F)C(F)(F)C(F)(F)C(F)(F)C(F)(F)C(F)(F)F)O2)cc1. The van der Waals surface area contributed by atoms with Gasteiger partial charge in [0.05, 0.1) is 12.7 Å². The Morgan fingerprint density at radius 3 is 1.25 bits per heavy atom. The number of Topliss-reactive ketones (excluding diaryl/α,β-unsaturated/α-hetero) is 1. The first kappa shape index (κ1) is 50.1. The van der Waals surface area contributed by atoms with Crippen LogP contribution in [0.1, 0.15) is 54.9 Å². The topological polar surface area (TPSA) is 35.5 Å². The third-order valence-electron chi connectivity index (χ3n) is 8.41. The number of alkyl halides is 26. The molecule has 0 radical (unpaired) electrons. The van der Waals surface area contributed by atoms with Gasteiger partial charge in [0.25, 0.3) is 0 Å². The van der Waals surface area contributed by atoms with E-state index in [9.17, 15) is 119 Å². The van der Waals surface area contributed by atoms with Gasteiger partial charge in [-0.3, -0.25) is 4.79 Å². The molecular formula is C28H20F26O3. The van der Waals surface area contributed by atoms with Crippen molar-refractivity contribution in [2.75, 3.05) is 6.61 Å². The predicted molar refractivity (Wildman–Crippen MR) is 134 cm³/mol. The number of rotatable bonds is 16. The normalized spacial score (nSPS) is 20.9. The standard InChI is InChI=1S/C28H20F26O3/c1-12(55)13-2-4-14(5-3-13)16(9-10-18(31,32)20(35,36)22(39,40)24(43,44)26(47,48)28(52,53)54)56-11-7-15(57-16)6-8-17(29,30)19(33,34)21(37,38)23(41,42)25(45,46)27(49,50)51/h2-5,15H,6-11H2,1H3. The van der Waals surface area contributed by atoms with Crippen LogP contribution < -0.4 is 0 Å². The first-order chi connectivity index (χ1) is 24.9. The summed E-state index contributed by atoms with van der Waals surface area (Å²) in [5, 5.41) is 0. The molecule has 29 heteroatoms. The highest BCUT2D eigenvalue weighted by molar-refractivity contribution is 5.94. The van der Waals surface area contributed by atoms with Gasteiger partial charge in [-0.05, 0) is 19.8 Å². The molecule has 0 N–H and O–H groups in total. The molecule has 1 aromatic rings. The molecule has 1 aromatic carbocycles. The summed E-state index contributed by atoms with van der Waals surface area (Å²) in [6.45, 7) is -0.323. The average Bonchev–Trinajstić information content (AvgIpc) is 3.05. The van der Waals surface area contributed by atoms with Crippen molar-refractivity contribution >= 4 is 5.78 Å². The van der Waals surface area contributed by atoms with Crippen LogP contribution in [-0.2, 0) is 15.3 Å². The number of hydrogen-bond donors (Lipinski definition) is 0. The molecule has 0 bridgehead atoms. The smallest absolute Gasteiger partial charge is 0.346 e. The Balaban J connectivity index is 2.56. The zero-order valence-corrected chi connectivity index (χ0v) is 27.2. The second-order valence-corrected chi connectivity index (χ2v) is 12.3. The molecule has 332 valence electrons. The molecule has 1 fully saturated rings. The molecule has 1 saturated heterocycles. The minimum Gasteiger partial charge on any atom is -0.346 e. The fraction of sp³-hybridized carbons (Fsp3) is 0.750. The van der Waals surface area contributed by atoms with Crippen molar-refractivity contribution < 1.29 is 128 Å². The molecule has 1 aliphatic heterocycles. The molecule has 0 aliphatic carbocycles. The van der Waals surface area contributed by atoms with Gasteiger partial charge in [-0.2, -0.15) is 114 Å². The lowest BCUT2D eigenvalue weighted by Gasteiger charge is -2.44. The van der Waals surface area contributed by atoms with Crippen molar-refractivity contribution in [1.29, 1.82) is 0 Å². The first-order valence-corrected chi connectivity index (χ1v) is 14.7. The monoisotopic (exact) mass is 898 g/mol. The highest BCUT2D eigenvalue weighted by atomic mass is 19.4. The van der Waals surface area contributed by atoms with E-state index in [2.05, 4.69) is 0 Å². The van der Waals surface area contributed by atoms with E-state index >= 15 is 0 Å². The third-order valence-corrected chi connectivity index (χ3v) is 8.41. The molecule has 57 heavy (non-hydrogen) atoms. The second kappa shape index (κ2) is 14.6. The summed E-state index contributed by atoms with van der Waals surface area (Å²) in [6.07, 6.45) is -29.2. The van der Waals surface area contributed by atoms with Crippen LogP contribution in [0.25, 0.3) is 0 Å². The van der Waals surface area contributed by atoms with Crippen LogP contribution in [0.5, 0.6) is 0 Å². The Labute approximate surface area is 299 Å². The number of ketones is 1. The van der Waals surface area contributed by atoms with E-state index in [4.69, 9.17) is 9.47 Å². The van der Waals surface area contributed by atoms with Crippen LogP contribution in [0, 0.1) is 0 Å². The molecule has 2 atom stereocenters. The molecule has 0 aromatic heterocycles. The minimum atomic E-state index is -8.33. The molecule has 1 heterocycles. The number of halogens is 26. The fourth-order valence-corrected chi connectivity index (χ4v) is 4.89. The Bertz CT molecular complexity index is 1580. The van der Waals surface area contributed by atoms with Gasteiger partial charge in [0.2, 0.25) is 0 Å². The zero-order chi connectivity index (χ0) is 45.3. The molecule has 3 nitrogen and oxygen atoms in total. The quantitative estimate of drug-likeness (QED) is 0.122. The van der Waals surface area contributed by atoms with Crippen LogP contribution in [-0.4, -0.2) is 90.1 Å². The number of ether oxygens (including phenoxy) is 2. The van der Waals surface area contributed by atoms with Gasteiger partial charge in [-0.15, -0.1) is 0 Å². The highest BCUT2D eigenvalue weighted by Crippen LogP contribution is 2.63. The summed E-state index contributed by atoms with van der Waals surface area (Å²) in [5.74, 6) is -82.8. The first-order valence-electron chi connectivity index (χ1n) is 14.7. The van der Waals surface area contributed by atoms with E-state index in [1.54, 1.807) is 0 Å². The predicted octanol–water partition coefficient (Wildman–Crippen LogP) is 11.9. The maximum atomic E-state index is 14.7. The Morgan fingerprint density at radius 2 is 0.895 bits per heavy atom. The summed E-state index contributed by atoms with van der Waals surface area (Å²) in [6, 6.07) is 2.50. The highest BCUT2D eigenvalue weighted by Gasteiger charge is 2.92. The summed E-state index contributed by atoms with van der Waals surface area (Å²) in [7, 11) is 0. The average molecular weight is 898 g/mol. The largest absolute Gasteiger partial charge is 0.460 e. The van der Waals surface area contributed by atoms with E-state index < -0.39 is 134 Å². The van der Waals surface area contributed by atoms with Crippen molar-refractivity contribution in [3.8, 4) is 0 Å². The lowest BCUT2D eigenvalue weighted by Crippen LogP contribution is -2.70. The summed E-state index contributed by atoms with van der Waals surface area (Å²) >= 11 is 0. The van der Waals surface area contributed by atoms with Crippen LogP contribution in [0.15, 0.2) is 24.3 Å². The van der Waals surface area contributed by atoms with Gasteiger partial charge in [0.1, 0.15) is 0 Å². The van der Waals surface area contributed by atoms with Crippen LogP contribution in [0.2, 0.25) is 0 Å². The van der Waals surface area contributed by atoms with Gasteiger partial charge < -0.3 is 9.47 Å². The third kappa shape index (κ3) is 7.91.